The Bertz CT molecular complexity index is 315. The van der Waals surface area contributed by atoms with Gasteiger partial charge < -0.3 is 4.74 Å². The molecule has 84 valence electrons. The average Bonchev–Trinajstić information content (AvgIpc) is 2.46. The van der Waals surface area contributed by atoms with Gasteiger partial charge in [-0.2, -0.15) is 0 Å². The second kappa shape index (κ2) is 5.43. The van der Waals surface area contributed by atoms with Crippen LogP contribution in [0.2, 0.25) is 0 Å². The molecule has 1 fully saturated rings. The van der Waals surface area contributed by atoms with E-state index in [9.17, 15) is 0 Å². The molecular formula is C11H16BrNOS. The Morgan fingerprint density at radius 1 is 1.67 bits per heavy atom. The van der Waals surface area contributed by atoms with Crippen molar-refractivity contribution in [2.24, 2.45) is 0 Å². The summed E-state index contributed by atoms with van der Waals surface area (Å²) in [6, 6.07) is 2.21. The molecule has 2 rings (SSSR count). The first-order chi connectivity index (χ1) is 7.24. The Morgan fingerprint density at radius 2 is 2.53 bits per heavy atom. The van der Waals surface area contributed by atoms with E-state index in [1.54, 1.807) is 0 Å². The molecule has 0 radical (unpaired) electrons. The van der Waals surface area contributed by atoms with Crippen LogP contribution >= 0.6 is 27.3 Å². The fourth-order valence-corrected chi connectivity index (χ4v) is 3.37. The van der Waals surface area contributed by atoms with Gasteiger partial charge in [0.2, 0.25) is 0 Å². The van der Waals surface area contributed by atoms with Gasteiger partial charge in [0.1, 0.15) is 0 Å². The zero-order valence-corrected chi connectivity index (χ0v) is 11.3. The SMILES string of the molecule is CC1CN(Cc2cc(Br)cs2)CCCO1. The van der Waals surface area contributed by atoms with Crippen LogP contribution < -0.4 is 0 Å². The maximum Gasteiger partial charge on any atom is 0.0674 e. The summed E-state index contributed by atoms with van der Waals surface area (Å²) in [5.74, 6) is 0. The van der Waals surface area contributed by atoms with Gasteiger partial charge >= 0.3 is 0 Å². The van der Waals surface area contributed by atoms with Gasteiger partial charge in [-0.15, -0.1) is 11.3 Å². The van der Waals surface area contributed by atoms with E-state index in [2.05, 4.69) is 39.2 Å². The molecule has 1 unspecified atom stereocenters. The molecule has 1 aromatic heterocycles. The van der Waals surface area contributed by atoms with Crippen LogP contribution in [-0.2, 0) is 11.3 Å². The highest BCUT2D eigenvalue weighted by Crippen LogP contribution is 2.21. The van der Waals surface area contributed by atoms with Gasteiger partial charge in [-0.1, -0.05) is 0 Å². The topological polar surface area (TPSA) is 12.5 Å². The number of rotatable bonds is 2. The summed E-state index contributed by atoms with van der Waals surface area (Å²) in [5, 5.41) is 2.15. The third-order valence-electron chi connectivity index (χ3n) is 2.54. The van der Waals surface area contributed by atoms with Gasteiger partial charge in [0.05, 0.1) is 6.10 Å². The standard InChI is InChI=1S/C11H16BrNOS/c1-9-6-13(3-2-4-14-9)7-11-5-10(12)8-15-11/h5,8-9H,2-4,6-7H2,1H3. The van der Waals surface area contributed by atoms with E-state index in [1.165, 1.54) is 9.35 Å². The van der Waals surface area contributed by atoms with Crippen LogP contribution in [0.1, 0.15) is 18.2 Å². The Kier molecular flexibility index (Phi) is 4.20. The molecule has 0 aliphatic carbocycles. The molecular weight excluding hydrogens is 274 g/mol. The molecule has 2 heterocycles. The number of ether oxygens (including phenoxy) is 1. The van der Waals surface area contributed by atoms with Crippen molar-refractivity contribution in [3.8, 4) is 0 Å². The molecule has 0 saturated carbocycles. The summed E-state index contributed by atoms with van der Waals surface area (Å²) < 4.78 is 6.82. The molecule has 1 aliphatic heterocycles. The van der Waals surface area contributed by atoms with Crippen LogP contribution in [0.4, 0.5) is 0 Å². The van der Waals surface area contributed by atoms with Crippen LogP contribution in [-0.4, -0.2) is 30.7 Å². The Morgan fingerprint density at radius 3 is 3.27 bits per heavy atom. The van der Waals surface area contributed by atoms with E-state index in [4.69, 9.17) is 4.74 Å². The monoisotopic (exact) mass is 289 g/mol. The summed E-state index contributed by atoms with van der Waals surface area (Å²) in [6.07, 6.45) is 1.52. The second-order valence-electron chi connectivity index (χ2n) is 4.00. The summed E-state index contributed by atoms with van der Waals surface area (Å²) in [5.41, 5.74) is 0. The average molecular weight is 290 g/mol. The van der Waals surface area contributed by atoms with Crippen molar-refractivity contribution in [2.45, 2.75) is 26.0 Å². The third-order valence-corrected chi connectivity index (χ3v) is 4.22. The normalized spacial score (nSPS) is 24.0. The maximum absolute atomic E-state index is 5.63. The van der Waals surface area contributed by atoms with Gasteiger partial charge in [-0.25, -0.2) is 0 Å². The molecule has 2 nitrogen and oxygen atoms in total. The van der Waals surface area contributed by atoms with Crippen molar-refractivity contribution >= 4 is 27.3 Å². The Balaban J connectivity index is 1.92. The Labute approximate surface area is 103 Å². The first kappa shape index (κ1) is 11.6. The summed E-state index contributed by atoms with van der Waals surface area (Å²) in [4.78, 5) is 3.91. The van der Waals surface area contributed by atoms with Crippen LogP contribution in [0, 0.1) is 0 Å². The molecule has 0 amide bonds. The van der Waals surface area contributed by atoms with E-state index in [0.717, 1.165) is 32.7 Å². The first-order valence-corrected chi connectivity index (χ1v) is 6.98. The van der Waals surface area contributed by atoms with Gasteiger partial charge in [0, 0.05) is 41.0 Å². The van der Waals surface area contributed by atoms with Crippen molar-refractivity contribution in [1.82, 2.24) is 4.90 Å². The molecule has 1 aromatic rings. The van der Waals surface area contributed by atoms with Crippen molar-refractivity contribution in [1.29, 1.82) is 0 Å². The maximum atomic E-state index is 5.63. The number of thiophene rings is 1. The lowest BCUT2D eigenvalue weighted by molar-refractivity contribution is 0.0669. The lowest BCUT2D eigenvalue weighted by atomic mass is 10.3. The highest BCUT2D eigenvalue weighted by atomic mass is 79.9. The molecule has 1 saturated heterocycles. The fraction of sp³-hybridized carbons (Fsp3) is 0.636. The van der Waals surface area contributed by atoms with E-state index >= 15 is 0 Å². The van der Waals surface area contributed by atoms with Crippen molar-refractivity contribution < 1.29 is 4.74 Å². The molecule has 0 N–H and O–H groups in total. The van der Waals surface area contributed by atoms with Gasteiger partial charge in [0.25, 0.3) is 0 Å². The minimum absolute atomic E-state index is 0.371. The number of halogens is 1. The zero-order chi connectivity index (χ0) is 10.7. The third kappa shape index (κ3) is 3.55. The van der Waals surface area contributed by atoms with E-state index in [1.807, 2.05) is 11.3 Å². The second-order valence-corrected chi connectivity index (χ2v) is 5.91. The van der Waals surface area contributed by atoms with Crippen LogP contribution in [0.15, 0.2) is 15.9 Å². The fourth-order valence-electron chi connectivity index (χ4n) is 1.88. The lowest BCUT2D eigenvalue weighted by Gasteiger charge is -2.20. The Hall–Kier alpha value is 0.1000. The molecule has 1 atom stereocenters. The molecule has 4 heteroatoms. The molecule has 0 bridgehead atoms. The minimum atomic E-state index is 0.371. The highest BCUT2D eigenvalue weighted by Gasteiger charge is 2.15. The molecule has 0 aromatic carbocycles. The highest BCUT2D eigenvalue weighted by molar-refractivity contribution is 9.10. The quantitative estimate of drug-likeness (QED) is 0.830. The minimum Gasteiger partial charge on any atom is -0.377 e. The number of hydrogen-bond donors (Lipinski definition) is 0. The lowest BCUT2D eigenvalue weighted by Crippen LogP contribution is -2.29. The van der Waals surface area contributed by atoms with E-state index in [-0.39, 0.29) is 0 Å². The zero-order valence-electron chi connectivity index (χ0n) is 8.91. The van der Waals surface area contributed by atoms with Crippen molar-refractivity contribution in [2.75, 3.05) is 19.7 Å². The molecule has 1 aliphatic rings. The summed E-state index contributed by atoms with van der Waals surface area (Å²) >= 11 is 5.31. The van der Waals surface area contributed by atoms with Crippen LogP contribution in [0.25, 0.3) is 0 Å². The molecule has 0 spiro atoms. The molecule has 15 heavy (non-hydrogen) atoms. The van der Waals surface area contributed by atoms with Gasteiger partial charge in [0.15, 0.2) is 0 Å². The van der Waals surface area contributed by atoms with Crippen LogP contribution in [0.5, 0.6) is 0 Å². The van der Waals surface area contributed by atoms with Gasteiger partial charge in [-0.3, -0.25) is 4.90 Å². The predicted molar refractivity (Wildman–Crippen MR) is 67.3 cm³/mol. The van der Waals surface area contributed by atoms with Crippen molar-refractivity contribution in [3.05, 3.63) is 20.8 Å². The largest absolute Gasteiger partial charge is 0.377 e. The van der Waals surface area contributed by atoms with E-state index in [0.29, 0.717) is 6.10 Å². The smallest absolute Gasteiger partial charge is 0.0674 e. The predicted octanol–water partition coefficient (Wildman–Crippen LogP) is 3.12. The summed E-state index contributed by atoms with van der Waals surface area (Å²) in [6.45, 7) is 6.33. The number of hydrogen-bond acceptors (Lipinski definition) is 3. The van der Waals surface area contributed by atoms with E-state index < -0.39 is 0 Å². The van der Waals surface area contributed by atoms with Crippen LogP contribution in [0.3, 0.4) is 0 Å². The summed E-state index contributed by atoms with van der Waals surface area (Å²) in [7, 11) is 0. The van der Waals surface area contributed by atoms with Gasteiger partial charge in [-0.05, 0) is 35.3 Å². The first-order valence-electron chi connectivity index (χ1n) is 5.31. The van der Waals surface area contributed by atoms with Crippen molar-refractivity contribution in [3.63, 3.8) is 0 Å². The number of nitrogens with zero attached hydrogens (tertiary/aromatic N) is 1.